The summed E-state index contributed by atoms with van der Waals surface area (Å²) in [5.41, 5.74) is 0.371. The number of aromatic nitrogens is 1. The molecule has 0 bridgehead atoms. The van der Waals surface area contributed by atoms with Gasteiger partial charge in [-0.2, -0.15) is 0 Å². The average Bonchev–Trinajstić information content (AvgIpc) is 2.91. The van der Waals surface area contributed by atoms with E-state index < -0.39 is 5.41 Å². The van der Waals surface area contributed by atoms with Gasteiger partial charge in [0.05, 0.1) is 11.3 Å². The van der Waals surface area contributed by atoms with Crippen molar-refractivity contribution < 1.29 is 9.59 Å². The summed E-state index contributed by atoms with van der Waals surface area (Å²) in [7, 11) is 0. The first-order chi connectivity index (χ1) is 9.88. The predicted molar refractivity (Wildman–Crippen MR) is 84.6 cm³/mol. The van der Waals surface area contributed by atoms with E-state index in [1.807, 2.05) is 20.8 Å². The van der Waals surface area contributed by atoms with E-state index in [9.17, 15) is 9.59 Å². The summed E-state index contributed by atoms with van der Waals surface area (Å²) in [6, 6.07) is 6.91. The number of benzene rings is 1. The minimum atomic E-state index is -0.529. The third-order valence-corrected chi connectivity index (χ3v) is 3.44. The maximum atomic E-state index is 12.3. The van der Waals surface area contributed by atoms with E-state index in [2.05, 4.69) is 15.6 Å². The first-order valence-electron chi connectivity index (χ1n) is 6.49. The highest BCUT2D eigenvalue weighted by Gasteiger charge is 2.23. The predicted octanol–water partition coefficient (Wildman–Crippen LogP) is 3.38. The Labute approximate surface area is 127 Å². The number of hydrogen-bond donors (Lipinski definition) is 2. The number of carbonyl (C=O) groups is 2. The van der Waals surface area contributed by atoms with Crippen molar-refractivity contribution in [2.45, 2.75) is 20.8 Å². The number of thiazole rings is 1. The topological polar surface area (TPSA) is 71.1 Å². The van der Waals surface area contributed by atoms with Gasteiger partial charge in [-0.05, 0) is 12.1 Å². The molecular weight excluding hydrogens is 286 g/mol. The van der Waals surface area contributed by atoms with Crippen LogP contribution in [0, 0.1) is 5.41 Å². The summed E-state index contributed by atoms with van der Waals surface area (Å²) < 4.78 is 0. The van der Waals surface area contributed by atoms with Crippen molar-refractivity contribution in [3.05, 3.63) is 41.4 Å². The maximum Gasteiger partial charge on any atom is 0.259 e. The van der Waals surface area contributed by atoms with Gasteiger partial charge in [-0.25, -0.2) is 4.98 Å². The third-order valence-electron chi connectivity index (χ3n) is 2.75. The van der Waals surface area contributed by atoms with Crippen molar-refractivity contribution in [3.8, 4) is 0 Å². The lowest BCUT2D eigenvalue weighted by Gasteiger charge is -2.19. The SMILES string of the molecule is CC(C)(C)C(=O)Nc1ccccc1C(=O)Nc1nccs1. The summed E-state index contributed by atoms with van der Waals surface area (Å²) in [5.74, 6) is -0.438. The fraction of sp³-hybridized carbons (Fsp3) is 0.267. The largest absolute Gasteiger partial charge is 0.325 e. The van der Waals surface area contributed by atoms with Crippen LogP contribution in [0.25, 0.3) is 0 Å². The Balaban J connectivity index is 2.20. The Bertz CT molecular complexity index is 645. The molecule has 110 valence electrons. The van der Waals surface area contributed by atoms with Gasteiger partial charge in [0.2, 0.25) is 5.91 Å². The summed E-state index contributed by atoms with van der Waals surface area (Å²) >= 11 is 1.34. The van der Waals surface area contributed by atoms with E-state index in [0.29, 0.717) is 16.4 Å². The van der Waals surface area contributed by atoms with Gasteiger partial charge >= 0.3 is 0 Å². The number of nitrogens with zero attached hydrogens (tertiary/aromatic N) is 1. The Kier molecular flexibility index (Phi) is 4.37. The van der Waals surface area contributed by atoms with Crippen LogP contribution in [0.3, 0.4) is 0 Å². The number of amides is 2. The molecule has 0 unspecified atom stereocenters. The van der Waals surface area contributed by atoms with Crippen LogP contribution in [0.15, 0.2) is 35.8 Å². The van der Waals surface area contributed by atoms with Gasteiger partial charge < -0.3 is 5.32 Å². The van der Waals surface area contributed by atoms with Gasteiger partial charge in [-0.3, -0.25) is 14.9 Å². The van der Waals surface area contributed by atoms with Crippen molar-refractivity contribution in [2.24, 2.45) is 5.41 Å². The fourth-order valence-corrected chi connectivity index (χ4v) is 2.07. The van der Waals surface area contributed by atoms with Crippen LogP contribution in [-0.2, 0) is 4.79 Å². The van der Waals surface area contributed by atoms with Gasteiger partial charge in [0, 0.05) is 17.0 Å². The molecule has 2 N–H and O–H groups in total. The highest BCUT2D eigenvalue weighted by molar-refractivity contribution is 7.13. The van der Waals surface area contributed by atoms with Crippen molar-refractivity contribution in [1.82, 2.24) is 4.98 Å². The van der Waals surface area contributed by atoms with Gasteiger partial charge in [0.25, 0.3) is 5.91 Å². The molecule has 2 aromatic rings. The number of rotatable bonds is 3. The molecule has 0 saturated carbocycles. The molecule has 0 aliphatic carbocycles. The average molecular weight is 303 g/mol. The molecule has 1 aromatic carbocycles. The normalized spacial score (nSPS) is 11.0. The summed E-state index contributed by atoms with van der Waals surface area (Å²) in [5, 5.41) is 7.81. The first kappa shape index (κ1) is 15.2. The molecule has 2 rings (SSSR count). The Morgan fingerprint density at radius 3 is 2.48 bits per heavy atom. The number of carbonyl (C=O) groups excluding carboxylic acids is 2. The molecule has 1 aromatic heterocycles. The van der Waals surface area contributed by atoms with Gasteiger partial charge in [-0.15, -0.1) is 11.3 Å². The van der Waals surface area contributed by atoms with E-state index in [1.165, 1.54) is 11.3 Å². The second-order valence-electron chi connectivity index (χ2n) is 5.54. The standard InChI is InChI=1S/C15H17N3O2S/c1-15(2,3)13(20)17-11-7-5-4-6-10(11)12(19)18-14-16-8-9-21-14/h4-9H,1-3H3,(H,17,20)(H,16,18,19). The molecular formula is C15H17N3O2S. The van der Waals surface area contributed by atoms with Crippen molar-refractivity contribution in [3.63, 3.8) is 0 Å². The van der Waals surface area contributed by atoms with Crippen LogP contribution in [0.5, 0.6) is 0 Å². The second-order valence-corrected chi connectivity index (χ2v) is 6.44. The number of nitrogens with one attached hydrogen (secondary N) is 2. The Morgan fingerprint density at radius 2 is 1.86 bits per heavy atom. The van der Waals surface area contributed by atoms with Crippen LogP contribution >= 0.6 is 11.3 Å². The van der Waals surface area contributed by atoms with E-state index in [-0.39, 0.29) is 11.8 Å². The quantitative estimate of drug-likeness (QED) is 0.913. The smallest absolute Gasteiger partial charge is 0.259 e. The molecule has 6 heteroatoms. The zero-order chi connectivity index (χ0) is 15.5. The summed E-state index contributed by atoms with van der Waals surface area (Å²) in [6.07, 6.45) is 1.62. The number of anilines is 2. The summed E-state index contributed by atoms with van der Waals surface area (Å²) in [4.78, 5) is 28.4. The molecule has 0 atom stereocenters. The lowest BCUT2D eigenvalue weighted by atomic mass is 9.95. The van der Waals surface area contributed by atoms with E-state index in [4.69, 9.17) is 0 Å². The molecule has 0 saturated heterocycles. The molecule has 5 nitrogen and oxygen atoms in total. The van der Waals surface area contributed by atoms with Crippen LogP contribution in [-0.4, -0.2) is 16.8 Å². The van der Waals surface area contributed by atoms with Crippen LogP contribution in [0.4, 0.5) is 10.8 Å². The number of para-hydroxylation sites is 1. The minimum absolute atomic E-state index is 0.142. The molecule has 0 radical (unpaired) electrons. The lowest BCUT2D eigenvalue weighted by Crippen LogP contribution is -2.28. The minimum Gasteiger partial charge on any atom is -0.325 e. The molecule has 2 amide bonds. The monoisotopic (exact) mass is 303 g/mol. The maximum absolute atomic E-state index is 12.3. The molecule has 21 heavy (non-hydrogen) atoms. The Hall–Kier alpha value is -2.21. The van der Waals surface area contributed by atoms with E-state index >= 15 is 0 Å². The van der Waals surface area contributed by atoms with Gasteiger partial charge in [0.1, 0.15) is 0 Å². The van der Waals surface area contributed by atoms with Gasteiger partial charge in [0.15, 0.2) is 5.13 Å². The highest BCUT2D eigenvalue weighted by atomic mass is 32.1. The van der Waals surface area contributed by atoms with Crippen LogP contribution in [0.1, 0.15) is 31.1 Å². The highest BCUT2D eigenvalue weighted by Crippen LogP contribution is 2.22. The molecule has 1 heterocycles. The zero-order valence-electron chi connectivity index (χ0n) is 12.1. The second kappa shape index (κ2) is 6.05. The molecule has 0 fully saturated rings. The lowest BCUT2D eigenvalue weighted by molar-refractivity contribution is -0.123. The molecule has 0 aliphatic heterocycles. The van der Waals surface area contributed by atoms with E-state index in [1.54, 1.807) is 35.8 Å². The zero-order valence-corrected chi connectivity index (χ0v) is 13.0. The van der Waals surface area contributed by atoms with Crippen molar-refractivity contribution >= 4 is 34.0 Å². The third kappa shape index (κ3) is 3.88. The van der Waals surface area contributed by atoms with E-state index in [0.717, 1.165) is 0 Å². The molecule has 0 spiro atoms. The molecule has 0 aliphatic rings. The fourth-order valence-electron chi connectivity index (χ4n) is 1.55. The number of hydrogen-bond acceptors (Lipinski definition) is 4. The summed E-state index contributed by atoms with van der Waals surface area (Å²) in [6.45, 7) is 5.46. The Morgan fingerprint density at radius 1 is 1.14 bits per heavy atom. The van der Waals surface area contributed by atoms with Crippen molar-refractivity contribution in [2.75, 3.05) is 10.6 Å². The van der Waals surface area contributed by atoms with Crippen LogP contribution < -0.4 is 10.6 Å². The van der Waals surface area contributed by atoms with Gasteiger partial charge in [-0.1, -0.05) is 32.9 Å². The van der Waals surface area contributed by atoms with Crippen LogP contribution in [0.2, 0.25) is 0 Å². The van der Waals surface area contributed by atoms with Crippen molar-refractivity contribution in [1.29, 1.82) is 0 Å². The first-order valence-corrected chi connectivity index (χ1v) is 7.37.